The predicted molar refractivity (Wildman–Crippen MR) is 60.2 cm³/mol. The number of hydrogen-bond donors (Lipinski definition) is 2. The molecule has 0 atom stereocenters. The molecule has 0 bridgehead atoms. The van der Waals surface area contributed by atoms with E-state index in [1.165, 1.54) is 24.0 Å². The number of nitro benzene ring substituents is 1. The topological polar surface area (TPSA) is 97.8 Å². The van der Waals surface area contributed by atoms with E-state index < -0.39 is 4.92 Å². The summed E-state index contributed by atoms with van der Waals surface area (Å²) >= 11 is 1.22. The van der Waals surface area contributed by atoms with Crippen LogP contribution in [0, 0.1) is 10.1 Å². The number of nitrogens with one attached hydrogen (secondary N) is 1. The van der Waals surface area contributed by atoms with Crippen LogP contribution in [-0.2, 0) is 0 Å². The van der Waals surface area contributed by atoms with Crippen molar-refractivity contribution in [2.75, 3.05) is 5.73 Å². The Bertz CT molecular complexity index is 526. The quantitative estimate of drug-likeness (QED) is 0.627. The lowest BCUT2D eigenvalue weighted by Crippen LogP contribution is -1.91. The summed E-state index contributed by atoms with van der Waals surface area (Å²) in [5.41, 5.74) is 5.67. The largest absolute Gasteiger partial charge is 0.383 e. The average molecular weight is 236 g/mol. The van der Waals surface area contributed by atoms with Gasteiger partial charge in [-0.1, -0.05) is 23.9 Å². The van der Waals surface area contributed by atoms with Crippen LogP contribution in [0.2, 0.25) is 0 Å². The van der Waals surface area contributed by atoms with Crippen LogP contribution >= 0.6 is 11.8 Å². The number of para-hydroxylation sites is 1. The van der Waals surface area contributed by atoms with Gasteiger partial charge >= 0.3 is 0 Å². The van der Waals surface area contributed by atoms with Gasteiger partial charge in [-0.05, 0) is 6.07 Å². The van der Waals surface area contributed by atoms with E-state index in [0.717, 1.165) is 0 Å². The molecule has 7 heteroatoms. The molecular weight excluding hydrogens is 228 g/mol. The third-order valence-electron chi connectivity index (χ3n) is 1.91. The van der Waals surface area contributed by atoms with Crippen molar-refractivity contribution < 1.29 is 4.92 Å². The summed E-state index contributed by atoms with van der Waals surface area (Å²) in [5.74, 6) is 0.406. The number of nitrogens with zero attached hydrogens (tertiary/aromatic N) is 2. The first kappa shape index (κ1) is 10.5. The van der Waals surface area contributed by atoms with Gasteiger partial charge in [-0.2, -0.15) is 5.10 Å². The molecule has 2 aromatic rings. The molecule has 3 N–H and O–H groups in total. The molecular formula is C9H8N4O2S. The molecule has 0 fully saturated rings. The summed E-state index contributed by atoms with van der Waals surface area (Å²) in [5, 5.41) is 17.1. The van der Waals surface area contributed by atoms with Gasteiger partial charge in [-0.25, -0.2) is 0 Å². The molecule has 6 nitrogen and oxygen atoms in total. The van der Waals surface area contributed by atoms with Crippen molar-refractivity contribution in [3.8, 4) is 0 Å². The van der Waals surface area contributed by atoms with Crippen LogP contribution in [0.5, 0.6) is 0 Å². The minimum absolute atomic E-state index is 0.0631. The Balaban J connectivity index is 2.35. The monoisotopic (exact) mass is 236 g/mol. The zero-order chi connectivity index (χ0) is 11.5. The van der Waals surface area contributed by atoms with Crippen molar-refractivity contribution >= 4 is 23.3 Å². The van der Waals surface area contributed by atoms with E-state index in [4.69, 9.17) is 5.73 Å². The number of H-pyrrole nitrogens is 1. The standard InChI is InChI=1S/C9H8N4O2S/c10-9-8(5-11-12-9)16-7-4-2-1-3-6(7)13(14)15/h1-5H,(H3,10,11,12). The SMILES string of the molecule is Nc1[nH]ncc1Sc1ccccc1[N+](=O)[O-]. The predicted octanol–water partition coefficient (Wildman–Crippen LogP) is 2.05. The Kier molecular flexibility index (Phi) is 2.78. The fraction of sp³-hybridized carbons (Fsp3) is 0. The highest BCUT2D eigenvalue weighted by molar-refractivity contribution is 7.99. The lowest BCUT2D eigenvalue weighted by Gasteiger charge is -2.00. The summed E-state index contributed by atoms with van der Waals surface area (Å²) < 4.78 is 0. The van der Waals surface area contributed by atoms with Gasteiger partial charge in [0.05, 0.1) is 20.9 Å². The van der Waals surface area contributed by atoms with Gasteiger partial charge < -0.3 is 5.73 Å². The van der Waals surface area contributed by atoms with Crippen LogP contribution in [0.1, 0.15) is 0 Å². The van der Waals surface area contributed by atoms with Gasteiger partial charge in [0.15, 0.2) is 0 Å². The molecule has 0 unspecified atom stereocenters. The molecule has 0 amide bonds. The Hall–Kier alpha value is -2.02. The van der Waals surface area contributed by atoms with Crippen LogP contribution in [-0.4, -0.2) is 15.1 Å². The fourth-order valence-electron chi connectivity index (χ4n) is 1.18. The Morgan fingerprint density at radius 1 is 1.38 bits per heavy atom. The van der Waals surface area contributed by atoms with Crippen molar-refractivity contribution in [2.45, 2.75) is 9.79 Å². The molecule has 82 valence electrons. The van der Waals surface area contributed by atoms with Gasteiger partial charge in [0.25, 0.3) is 5.69 Å². The van der Waals surface area contributed by atoms with Gasteiger partial charge in [-0.15, -0.1) is 0 Å². The third kappa shape index (κ3) is 1.98. The maximum Gasteiger partial charge on any atom is 0.283 e. The highest BCUT2D eigenvalue weighted by Crippen LogP contribution is 2.36. The number of rotatable bonds is 3. The number of nitrogen functional groups attached to an aromatic ring is 1. The number of benzene rings is 1. The normalized spacial score (nSPS) is 10.2. The highest BCUT2D eigenvalue weighted by Gasteiger charge is 2.15. The van der Waals surface area contributed by atoms with Crippen LogP contribution in [0.15, 0.2) is 40.3 Å². The molecule has 1 aromatic heterocycles. The molecule has 0 aliphatic carbocycles. The molecule has 0 saturated carbocycles. The van der Waals surface area contributed by atoms with Crippen LogP contribution < -0.4 is 5.73 Å². The number of aromatic nitrogens is 2. The van der Waals surface area contributed by atoms with Gasteiger partial charge in [0, 0.05) is 6.07 Å². The van der Waals surface area contributed by atoms with Crippen molar-refractivity contribution in [2.24, 2.45) is 0 Å². The zero-order valence-corrected chi connectivity index (χ0v) is 8.90. The second kappa shape index (κ2) is 4.23. The van der Waals surface area contributed by atoms with Crippen molar-refractivity contribution in [3.63, 3.8) is 0 Å². The number of nitro groups is 1. The Morgan fingerprint density at radius 2 is 2.12 bits per heavy atom. The third-order valence-corrected chi connectivity index (χ3v) is 3.02. The minimum Gasteiger partial charge on any atom is -0.383 e. The Morgan fingerprint density at radius 3 is 2.75 bits per heavy atom. The lowest BCUT2D eigenvalue weighted by atomic mass is 10.3. The first-order valence-electron chi connectivity index (χ1n) is 4.38. The van der Waals surface area contributed by atoms with E-state index in [9.17, 15) is 10.1 Å². The molecule has 0 saturated heterocycles. The molecule has 0 radical (unpaired) electrons. The summed E-state index contributed by atoms with van der Waals surface area (Å²) in [4.78, 5) is 11.6. The maximum atomic E-state index is 10.8. The van der Waals surface area contributed by atoms with E-state index in [-0.39, 0.29) is 5.69 Å². The van der Waals surface area contributed by atoms with E-state index in [2.05, 4.69) is 10.2 Å². The highest BCUT2D eigenvalue weighted by atomic mass is 32.2. The molecule has 1 heterocycles. The molecule has 0 aliphatic rings. The van der Waals surface area contributed by atoms with E-state index in [0.29, 0.717) is 15.6 Å². The summed E-state index contributed by atoms with van der Waals surface area (Å²) in [6.07, 6.45) is 1.54. The summed E-state index contributed by atoms with van der Waals surface area (Å²) in [7, 11) is 0. The van der Waals surface area contributed by atoms with Crippen LogP contribution in [0.25, 0.3) is 0 Å². The first-order valence-corrected chi connectivity index (χ1v) is 5.20. The van der Waals surface area contributed by atoms with Crippen molar-refractivity contribution in [1.82, 2.24) is 10.2 Å². The molecule has 0 spiro atoms. The second-order valence-corrected chi connectivity index (χ2v) is 4.06. The smallest absolute Gasteiger partial charge is 0.283 e. The molecule has 16 heavy (non-hydrogen) atoms. The number of anilines is 1. The van der Waals surface area contributed by atoms with Gasteiger partial charge in [0.2, 0.25) is 0 Å². The summed E-state index contributed by atoms with van der Waals surface area (Å²) in [6.45, 7) is 0. The number of aromatic amines is 1. The van der Waals surface area contributed by atoms with Crippen LogP contribution in [0.4, 0.5) is 11.5 Å². The maximum absolute atomic E-state index is 10.8. The van der Waals surface area contributed by atoms with E-state index in [1.54, 1.807) is 18.2 Å². The van der Waals surface area contributed by atoms with E-state index in [1.807, 2.05) is 0 Å². The average Bonchev–Trinajstić information content (AvgIpc) is 2.65. The van der Waals surface area contributed by atoms with Crippen LogP contribution in [0.3, 0.4) is 0 Å². The number of nitrogens with two attached hydrogens (primary N) is 1. The van der Waals surface area contributed by atoms with Gasteiger partial charge in [0.1, 0.15) is 5.82 Å². The molecule has 1 aromatic carbocycles. The summed E-state index contributed by atoms with van der Waals surface area (Å²) in [6, 6.07) is 6.50. The van der Waals surface area contributed by atoms with Crippen molar-refractivity contribution in [1.29, 1.82) is 0 Å². The lowest BCUT2D eigenvalue weighted by molar-refractivity contribution is -0.387. The van der Waals surface area contributed by atoms with Gasteiger partial charge in [-0.3, -0.25) is 15.2 Å². The zero-order valence-electron chi connectivity index (χ0n) is 8.08. The molecule has 0 aliphatic heterocycles. The first-order chi connectivity index (χ1) is 7.68. The molecule has 2 rings (SSSR count). The second-order valence-electron chi connectivity index (χ2n) is 2.97. The number of hydrogen-bond acceptors (Lipinski definition) is 5. The van der Waals surface area contributed by atoms with Crippen molar-refractivity contribution in [3.05, 3.63) is 40.6 Å². The Labute approximate surface area is 95.0 Å². The fourth-order valence-corrected chi connectivity index (χ4v) is 2.07. The van der Waals surface area contributed by atoms with E-state index >= 15 is 0 Å². The minimum atomic E-state index is -0.418.